The van der Waals surface area contributed by atoms with Gasteiger partial charge >= 0.3 is 6.18 Å². The number of nitrogens with zero attached hydrogens (tertiary/aromatic N) is 2. The molecule has 0 aliphatic heterocycles. The Kier molecular flexibility index (Phi) is 5.30. The normalized spacial score (nSPS) is 11.5. The molecule has 1 N–H and O–H groups in total. The van der Waals surface area contributed by atoms with E-state index in [0.29, 0.717) is 17.1 Å². The summed E-state index contributed by atoms with van der Waals surface area (Å²) >= 11 is 0. The van der Waals surface area contributed by atoms with Crippen molar-refractivity contribution in [1.29, 1.82) is 0 Å². The number of nitrogens with one attached hydrogen (secondary N) is 1. The van der Waals surface area contributed by atoms with Crippen molar-refractivity contribution in [2.75, 3.05) is 5.32 Å². The molecule has 0 unspecified atom stereocenters. The summed E-state index contributed by atoms with van der Waals surface area (Å²) in [6.07, 6.45) is -4.60. The van der Waals surface area contributed by atoms with Gasteiger partial charge in [-0.2, -0.15) is 23.4 Å². The third-order valence-corrected chi connectivity index (χ3v) is 3.64. The van der Waals surface area contributed by atoms with Crippen LogP contribution in [0.15, 0.2) is 89.1 Å². The van der Waals surface area contributed by atoms with Gasteiger partial charge < -0.3 is 5.32 Å². The van der Waals surface area contributed by atoms with Gasteiger partial charge in [0.25, 0.3) is 5.91 Å². The molecule has 0 heterocycles. The summed E-state index contributed by atoms with van der Waals surface area (Å²) < 4.78 is 39.1. The monoisotopic (exact) mass is 369 g/mol. The quantitative estimate of drug-likeness (QED) is 0.534. The van der Waals surface area contributed by atoms with Crippen molar-refractivity contribution in [2.45, 2.75) is 6.18 Å². The molecule has 0 aliphatic rings. The predicted octanol–water partition coefficient (Wildman–Crippen LogP) is 6.37. The maximum absolute atomic E-state index is 13.0. The first-order valence-electron chi connectivity index (χ1n) is 7.98. The molecule has 3 aromatic rings. The summed E-state index contributed by atoms with van der Waals surface area (Å²) in [5.41, 5.74) is 0.190. The van der Waals surface area contributed by atoms with Crippen LogP contribution in [0.3, 0.4) is 0 Å². The minimum Gasteiger partial charge on any atom is -0.322 e. The number of azo groups is 1. The van der Waals surface area contributed by atoms with E-state index >= 15 is 0 Å². The fourth-order valence-electron chi connectivity index (χ4n) is 2.35. The highest BCUT2D eigenvalue weighted by Crippen LogP contribution is 2.32. The van der Waals surface area contributed by atoms with Gasteiger partial charge in [-0.1, -0.05) is 30.3 Å². The smallest absolute Gasteiger partial charge is 0.322 e. The summed E-state index contributed by atoms with van der Waals surface area (Å²) in [4.78, 5) is 12.2. The van der Waals surface area contributed by atoms with Gasteiger partial charge in [-0.25, -0.2) is 0 Å². The lowest BCUT2D eigenvalue weighted by atomic mass is 10.1. The van der Waals surface area contributed by atoms with Gasteiger partial charge in [0, 0.05) is 5.69 Å². The van der Waals surface area contributed by atoms with Crippen LogP contribution in [0.2, 0.25) is 0 Å². The van der Waals surface area contributed by atoms with Crippen molar-refractivity contribution in [1.82, 2.24) is 0 Å². The first-order valence-corrected chi connectivity index (χ1v) is 7.98. The van der Waals surface area contributed by atoms with Crippen molar-refractivity contribution in [3.8, 4) is 0 Å². The Morgan fingerprint density at radius 2 is 1.30 bits per heavy atom. The molecule has 4 nitrogen and oxygen atoms in total. The summed E-state index contributed by atoms with van der Waals surface area (Å²) in [7, 11) is 0. The van der Waals surface area contributed by atoms with Crippen LogP contribution in [0.5, 0.6) is 0 Å². The number of carbonyl (C=O) groups excluding carboxylic acids is 1. The van der Waals surface area contributed by atoms with Gasteiger partial charge in [0.1, 0.15) is 0 Å². The van der Waals surface area contributed by atoms with Gasteiger partial charge in [0.15, 0.2) is 0 Å². The fourth-order valence-corrected chi connectivity index (χ4v) is 2.35. The standard InChI is InChI=1S/C20H14F3N3O/c21-20(22,23)18-9-5-4-8-17(18)19(27)24-14-10-12-16(13-11-14)26-25-15-6-2-1-3-7-15/h1-13H,(H,24,27). The second-order valence-electron chi connectivity index (χ2n) is 5.58. The zero-order valence-corrected chi connectivity index (χ0v) is 13.9. The van der Waals surface area contributed by atoms with E-state index in [9.17, 15) is 18.0 Å². The molecule has 1 amide bonds. The molecular formula is C20H14F3N3O. The van der Waals surface area contributed by atoms with E-state index < -0.39 is 23.2 Å². The maximum Gasteiger partial charge on any atom is 0.417 e. The van der Waals surface area contributed by atoms with Crippen LogP contribution < -0.4 is 5.32 Å². The molecule has 0 saturated carbocycles. The van der Waals surface area contributed by atoms with Crippen molar-refractivity contribution < 1.29 is 18.0 Å². The Morgan fingerprint density at radius 1 is 0.741 bits per heavy atom. The molecule has 7 heteroatoms. The average molecular weight is 369 g/mol. The predicted molar refractivity (Wildman–Crippen MR) is 96.5 cm³/mol. The van der Waals surface area contributed by atoms with E-state index in [0.717, 1.165) is 12.1 Å². The van der Waals surface area contributed by atoms with Crippen LogP contribution in [0.1, 0.15) is 15.9 Å². The van der Waals surface area contributed by atoms with Crippen LogP contribution in [0.4, 0.5) is 30.2 Å². The summed E-state index contributed by atoms with van der Waals surface area (Å²) in [5.74, 6) is -0.832. The van der Waals surface area contributed by atoms with Crippen molar-refractivity contribution in [2.24, 2.45) is 10.2 Å². The molecule has 0 fully saturated rings. The van der Waals surface area contributed by atoms with Gasteiger partial charge in [0.05, 0.1) is 22.5 Å². The first-order chi connectivity index (χ1) is 12.9. The van der Waals surface area contributed by atoms with Crippen LogP contribution in [0, 0.1) is 0 Å². The second-order valence-corrected chi connectivity index (χ2v) is 5.58. The molecule has 0 bridgehead atoms. The number of halogens is 3. The Morgan fingerprint density at radius 3 is 1.93 bits per heavy atom. The van der Waals surface area contributed by atoms with E-state index in [2.05, 4.69) is 15.5 Å². The molecule has 0 spiro atoms. The van der Waals surface area contributed by atoms with E-state index in [4.69, 9.17) is 0 Å². The topological polar surface area (TPSA) is 53.8 Å². The zero-order valence-electron chi connectivity index (χ0n) is 13.9. The van der Waals surface area contributed by atoms with E-state index in [1.165, 1.54) is 12.1 Å². The van der Waals surface area contributed by atoms with Crippen molar-refractivity contribution in [3.05, 3.63) is 90.0 Å². The number of benzene rings is 3. The van der Waals surface area contributed by atoms with Crippen molar-refractivity contribution >= 4 is 23.0 Å². The minimum atomic E-state index is -4.60. The van der Waals surface area contributed by atoms with Crippen LogP contribution >= 0.6 is 0 Å². The lowest BCUT2D eigenvalue weighted by Crippen LogP contribution is -2.18. The molecule has 3 aromatic carbocycles. The molecule has 27 heavy (non-hydrogen) atoms. The summed E-state index contributed by atoms with van der Waals surface area (Å²) in [6.45, 7) is 0. The highest BCUT2D eigenvalue weighted by atomic mass is 19.4. The number of carbonyl (C=O) groups is 1. The molecule has 0 atom stereocenters. The van der Waals surface area contributed by atoms with Crippen LogP contribution in [-0.2, 0) is 6.18 Å². The number of rotatable bonds is 4. The minimum absolute atomic E-state index is 0.357. The largest absolute Gasteiger partial charge is 0.417 e. The first kappa shape index (κ1) is 18.3. The van der Waals surface area contributed by atoms with Crippen LogP contribution in [-0.4, -0.2) is 5.91 Å². The third kappa shape index (κ3) is 4.78. The Labute approximate surface area is 153 Å². The number of hydrogen-bond donors (Lipinski definition) is 1. The molecule has 0 aliphatic carbocycles. The lowest BCUT2D eigenvalue weighted by Gasteiger charge is -2.12. The molecular weight excluding hydrogens is 355 g/mol. The molecule has 0 radical (unpaired) electrons. The average Bonchev–Trinajstić information content (AvgIpc) is 2.67. The van der Waals surface area contributed by atoms with E-state index in [1.807, 2.05) is 18.2 Å². The lowest BCUT2D eigenvalue weighted by molar-refractivity contribution is -0.137. The van der Waals surface area contributed by atoms with Crippen LogP contribution in [0.25, 0.3) is 0 Å². The van der Waals surface area contributed by atoms with Crippen molar-refractivity contribution in [3.63, 3.8) is 0 Å². The molecule has 0 saturated heterocycles. The number of anilines is 1. The zero-order chi connectivity index (χ0) is 19.3. The van der Waals surface area contributed by atoms with Gasteiger partial charge in [-0.3, -0.25) is 4.79 Å². The molecule has 136 valence electrons. The second kappa shape index (κ2) is 7.82. The Hall–Kier alpha value is -3.48. The van der Waals surface area contributed by atoms with Gasteiger partial charge in [0.2, 0.25) is 0 Å². The van der Waals surface area contributed by atoms with E-state index in [1.54, 1.807) is 36.4 Å². The number of hydrogen-bond acceptors (Lipinski definition) is 3. The number of amides is 1. The SMILES string of the molecule is O=C(Nc1ccc(N=Nc2ccccc2)cc1)c1ccccc1C(F)(F)F. The Balaban J connectivity index is 1.72. The number of alkyl halides is 3. The third-order valence-electron chi connectivity index (χ3n) is 3.64. The maximum atomic E-state index is 13.0. The summed E-state index contributed by atoms with van der Waals surface area (Å²) in [6, 6.07) is 20.1. The fraction of sp³-hybridized carbons (Fsp3) is 0.0500. The highest BCUT2D eigenvalue weighted by molar-refractivity contribution is 6.05. The molecule has 3 rings (SSSR count). The van der Waals surface area contributed by atoms with Gasteiger partial charge in [-0.15, -0.1) is 0 Å². The Bertz CT molecular complexity index is 952. The van der Waals surface area contributed by atoms with Gasteiger partial charge in [-0.05, 0) is 48.5 Å². The highest BCUT2D eigenvalue weighted by Gasteiger charge is 2.34. The summed E-state index contributed by atoms with van der Waals surface area (Å²) in [5, 5.41) is 10.6. The molecule has 0 aromatic heterocycles. The van der Waals surface area contributed by atoms with E-state index in [-0.39, 0.29) is 0 Å².